The van der Waals surface area contributed by atoms with Crippen LogP contribution in [0.15, 0.2) is 41.4 Å². The molecule has 0 aliphatic carbocycles. The Morgan fingerprint density at radius 3 is 2.52 bits per heavy atom. The third kappa shape index (κ3) is 3.26. The van der Waals surface area contributed by atoms with E-state index in [1.807, 2.05) is 37.3 Å². The van der Waals surface area contributed by atoms with E-state index in [2.05, 4.69) is 9.98 Å². The molecular weight excluding hydrogens is 351 g/mol. The molecule has 3 rings (SSSR count). The summed E-state index contributed by atoms with van der Waals surface area (Å²) in [6, 6.07) is 10.1. The second kappa shape index (κ2) is 6.52. The fourth-order valence-electron chi connectivity index (χ4n) is 2.76. The number of halogens is 4. The number of alkyl halides is 3. The number of benzene rings is 2. The monoisotopic (exact) mass is 365 g/mol. The van der Waals surface area contributed by atoms with Gasteiger partial charge in [-0.15, -0.1) is 0 Å². The average Bonchev–Trinajstić information content (AvgIpc) is 2.88. The normalized spacial score (nSPS) is 12.4. The molecule has 3 aromatic rings. The number of hydrogen-bond acceptors (Lipinski definition) is 2. The summed E-state index contributed by atoms with van der Waals surface area (Å²) in [4.78, 5) is 8.53. The molecule has 7 heteroatoms. The third-order valence-corrected chi connectivity index (χ3v) is 4.28. The first-order valence-corrected chi connectivity index (χ1v) is 8.06. The minimum Gasteiger partial charge on any atom is -0.327 e. The van der Waals surface area contributed by atoms with Gasteiger partial charge < -0.3 is 4.57 Å². The predicted molar refractivity (Wildman–Crippen MR) is 93.9 cm³/mol. The van der Waals surface area contributed by atoms with Crippen LogP contribution in [0.25, 0.3) is 11.0 Å². The Hall–Kier alpha value is -2.34. The van der Waals surface area contributed by atoms with E-state index in [1.54, 1.807) is 11.5 Å². The summed E-state index contributed by atoms with van der Waals surface area (Å²) in [5.41, 5.74) is 0.658. The van der Waals surface area contributed by atoms with Crippen LogP contribution in [0.5, 0.6) is 0 Å². The highest BCUT2D eigenvalue weighted by molar-refractivity contribution is 6.35. The zero-order valence-corrected chi connectivity index (χ0v) is 14.4. The number of aliphatic imine (C=N–C) groups is 1. The number of hydrogen-bond donors (Lipinski definition) is 0. The maximum Gasteiger partial charge on any atom is 0.418 e. The Balaban J connectivity index is 2.30. The van der Waals surface area contributed by atoms with Crippen molar-refractivity contribution in [2.45, 2.75) is 26.6 Å². The second-order valence-electron chi connectivity index (χ2n) is 5.52. The van der Waals surface area contributed by atoms with Gasteiger partial charge in [-0.25, -0.2) is 4.98 Å². The molecule has 130 valence electrons. The van der Waals surface area contributed by atoms with Gasteiger partial charge in [-0.1, -0.05) is 41.9 Å². The van der Waals surface area contributed by atoms with Gasteiger partial charge in [0.15, 0.2) is 0 Å². The molecule has 0 fully saturated rings. The summed E-state index contributed by atoms with van der Waals surface area (Å²) in [6.07, 6.45) is -3.07. The molecule has 0 saturated heterocycles. The van der Waals surface area contributed by atoms with E-state index < -0.39 is 16.8 Å². The van der Waals surface area contributed by atoms with Gasteiger partial charge in [-0.3, -0.25) is 4.99 Å². The van der Waals surface area contributed by atoms with Crippen LogP contribution in [0.1, 0.15) is 23.9 Å². The van der Waals surface area contributed by atoms with Gasteiger partial charge in [0.25, 0.3) is 0 Å². The quantitative estimate of drug-likeness (QED) is 0.540. The Bertz CT molecular complexity index is 944. The molecule has 0 unspecified atom stereocenters. The summed E-state index contributed by atoms with van der Waals surface area (Å²) in [7, 11) is 0. The zero-order chi connectivity index (χ0) is 18.2. The zero-order valence-electron chi connectivity index (χ0n) is 13.6. The van der Waals surface area contributed by atoms with Crippen molar-refractivity contribution in [3.8, 4) is 0 Å². The van der Waals surface area contributed by atoms with Crippen LogP contribution in [-0.2, 0) is 12.7 Å². The number of aryl methyl sites for hydroxylation is 2. The van der Waals surface area contributed by atoms with Gasteiger partial charge in [-0.2, -0.15) is 13.2 Å². The van der Waals surface area contributed by atoms with Gasteiger partial charge in [0.05, 0.1) is 21.6 Å². The maximum absolute atomic E-state index is 13.3. The number of aromatic nitrogens is 2. The first-order chi connectivity index (χ1) is 11.8. The summed E-state index contributed by atoms with van der Waals surface area (Å²) in [5.74, 6) is 0.615. The molecule has 0 radical (unpaired) electrons. The van der Waals surface area contributed by atoms with Gasteiger partial charge in [-0.05, 0) is 25.5 Å². The van der Waals surface area contributed by atoms with Crippen molar-refractivity contribution >= 4 is 34.5 Å². The van der Waals surface area contributed by atoms with Crippen molar-refractivity contribution < 1.29 is 13.2 Å². The Morgan fingerprint density at radius 2 is 1.92 bits per heavy atom. The molecule has 2 aromatic carbocycles. The van der Waals surface area contributed by atoms with Gasteiger partial charge in [0, 0.05) is 12.8 Å². The molecule has 3 nitrogen and oxygen atoms in total. The highest BCUT2D eigenvalue weighted by atomic mass is 35.5. The maximum atomic E-state index is 13.3. The number of rotatable bonds is 3. The predicted octanol–water partition coefficient (Wildman–Crippen LogP) is 5.79. The van der Waals surface area contributed by atoms with E-state index in [4.69, 9.17) is 11.6 Å². The topological polar surface area (TPSA) is 30.2 Å². The first kappa shape index (κ1) is 17.5. The molecule has 0 aliphatic heterocycles. The fraction of sp³-hybridized carbons (Fsp3) is 0.222. The largest absolute Gasteiger partial charge is 0.418 e. The van der Waals surface area contributed by atoms with Gasteiger partial charge >= 0.3 is 6.18 Å². The van der Waals surface area contributed by atoms with Crippen LogP contribution < -0.4 is 0 Å². The minimum absolute atomic E-state index is 0.0813. The third-order valence-electron chi connectivity index (χ3n) is 3.90. The molecule has 0 atom stereocenters. The smallest absolute Gasteiger partial charge is 0.327 e. The SMILES string of the molecule is CCn1c(C)nc2cc(C(F)(F)F)c(Cl)c(N=Cc3ccccc3)c21. The lowest BCUT2D eigenvalue weighted by Gasteiger charge is -2.13. The Labute approximate surface area is 147 Å². The molecule has 0 spiro atoms. The molecule has 0 amide bonds. The summed E-state index contributed by atoms with van der Waals surface area (Å²) < 4.78 is 41.8. The molecule has 0 bridgehead atoms. The number of imidazole rings is 1. The van der Waals surface area contributed by atoms with Gasteiger partial charge in [0.2, 0.25) is 0 Å². The molecule has 0 N–H and O–H groups in total. The van der Waals surface area contributed by atoms with Crippen LogP contribution >= 0.6 is 11.6 Å². The van der Waals surface area contributed by atoms with E-state index >= 15 is 0 Å². The van der Waals surface area contributed by atoms with Gasteiger partial charge in [0.1, 0.15) is 11.5 Å². The minimum atomic E-state index is -4.58. The first-order valence-electron chi connectivity index (χ1n) is 7.68. The van der Waals surface area contributed by atoms with Crippen molar-refractivity contribution in [3.05, 3.63) is 58.4 Å². The summed E-state index contributed by atoms with van der Waals surface area (Å²) in [6.45, 7) is 4.19. The number of fused-ring (bicyclic) bond motifs is 1. The average molecular weight is 366 g/mol. The van der Waals surface area contributed by atoms with Crippen LogP contribution in [0.3, 0.4) is 0 Å². The molecule has 0 aliphatic rings. The molecule has 25 heavy (non-hydrogen) atoms. The Kier molecular flexibility index (Phi) is 4.56. The van der Waals surface area contributed by atoms with Crippen molar-refractivity contribution in [2.75, 3.05) is 0 Å². The standard InChI is InChI=1S/C18H15ClF3N3/c1-3-25-11(2)24-14-9-13(18(20,21)22)15(19)16(17(14)25)23-10-12-7-5-4-6-8-12/h4-10H,3H2,1-2H3. The van der Waals surface area contributed by atoms with Crippen molar-refractivity contribution in [1.82, 2.24) is 9.55 Å². The molecular formula is C18H15ClF3N3. The van der Waals surface area contributed by atoms with E-state index in [0.717, 1.165) is 11.6 Å². The van der Waals surface area contributed by atoms with E-state index in [-0.39, 0.29) is 11.2 Å². The highest BCUT2D eigenvalue weighted by Gasteiger charge is 2.36. The van der Waals surface area contributed by atoms with E-state index in [9.17, 15) is 13.2 Å². The van der Waals surface area contributed by atoms with E-state index in [1.165, 1.54) is 6.21 Å². The lowest BCUT2D eigenvalue weighted by atomic mass is 10.1. The lowest BCUT2D eigenvalue weighted by molar-refractivity contribution is -0.137. The summed E-state index contributed by atoms with van der Waals surface area (Å²) in [5, 5.41) is -0.415. The summed E-state index contributed by atoms with van der Waals surface area (Å²) >= 11 is 6.10. The Morgan fingerprint density at radius 1 is 1.24 bits per heavy atom. The van der Waals surface area contributed by atoms with Crippen LogP contribution in [-0.4, -0.2) is 15.8 Å². The van der Waals surface area contributed by atoms with Crippen molar-refractivity contribution in [3.63, 3.8) is 0 Å². The molecule has 1 aromatic heterocycles. The highest BCUT2D eigenvalue weighted by Crippen LogP contribution is 2.44. The van der Waals surface area contributed by atoms with Crippen LogP contribution in [0.4, 0.5) is 18.9 Å². The molecule has 1 heterocycles. The van der Waals surface area contributed by atoms with Crippen molar-refractivity contribution in [1.29, 1.82) is 0 Å². The number of nitrogens with zero attached hydrogens (tertiary/aromatic N) is 3. The van der Waals surface area contributed by atoms with E-state index in [0.29, 0.717) is 17.9 Å². The molecule has 0 saturated carbocycles. The van der Waals surface area contributed by atoms with Crippen LogP contribution in [0, 0.1) is 6.92 Å². The fourth-order valence-corrected chi connectivity index (χ4v) is 3.06. The van der Waals surface area contributed by atoms with Crippen LogP contribution in [0.2, 0.25) is 5.02 Å². The second-order valence-corrected chi connectivity index (χ2v) is 5.90. The van der Waals surface area contributed by atoms with Crippen molar-refractivity contribution in [2.24, 2.45) is 4.99 Å². The lowest BCUT2D eigenvalue weighted by Crippen LogP contribution is -2.06.